The van der Waals surface area contributed by atoms with Crippen molar-refractivity contribution in [1.29, 1.82) is 0 Å². The van der Waals surface area contributed by atoms with Crippen LogP contribution in [0.15, 0.2) is 89.3 Å². The summed E-state index contributed by atoms with van der Waals surface area (Å²) in [6.07, 6.45) is 0. The Labute approximate surface area is 191 Å². The Morgan fingerprint density at radius 1 is 0.788 bits per heavy atom. The first-order valence-corrected chi connectivity index (χ1v) is 11.0. The van der Waals surface area contributed by atoms with Crippen molar-refractivity contribution in [2.45, 2.75) is 5.92 Å². The average molecular weight is 440 g/mol. The van der Waals surface area contributed by atoms with Crippen molar-refractivity contribution in [3.05, 3.63) is 102 Å². The van der Waals surface area contributed by atoms with Crippen molar-refractivity contribution in [2.24, 2.45) is 0 Å². The van der Waals surface area contributed by atoms with Gasteiger partial charge in [0.15, 0.2) is 0 Å². The number of ether oxygens (including phenoxy) is 1. The second-order valence-corrected chi connectivity index (χ2v) is 7.95. The van der Waals surface area contributed by atoms with E-state index >= 15 is 0 Å². The molecule has 1 saturated heterocycles. The quantitative estimate of drug-likeness (QED) is 0.489. The van der Waals surface area contributed by atoms with Gasteiger partial charge in [0.25, 0.3) is 5.91 Å². The van der Waals surface area contributed by atoms with Crippen LogP contribution >= 0.6 is 0 Å². The molecule has 5 rings (SSSR count). The van der Waals surface area contributed by atoms with E-state index in [9.17, 15) is 9.59 Å². The van der Waals surface area contributed by atoms with Gasteiger partial charge in [-0.25, -0.2) is 0 Å². The molecule has 166 valence electrons. The lowest BCUT2D eigenvalue weighted by atomic mass is 9.90. The fraction of sp³-hybridized carbons (Fsp3) is 0.185. The number of para-hydroxylation sites is 1. The van der Waals surface area contributed by atoms with E-state index in [2.05, 4.69) is 5.32 Å². The lowest BCUT2D eigenvalue weighted by Crippen LogP contribution is -2.40. The fourth-order valence-corrected chi connectivity index (χ4v) is 4.21. The number of anilines is 1. The monoisotopic (exact) mass is 440 g/mol. The number of carbonyl (C=O) groups excluding carboxylic acids is 2. The number of hydrogen-bond donors (Lipinski definition) is 1. The number of benzene rings is 3. The second kappa shape index (κ2) is 9.30. The van der Waals surface area contributed by atoms with E-state index in [4.69, 9.17) is 9.15 Å². The lowest BCUT2D eigenvalue weighted by Gasteiger charge is -2.26. The van der Waals surface area contributed by atoms with Gasteiger partial charge in [-0.2, -0.15) is 0 Å². The van der Waals surface area contributed by atoms with Crippen LogP contribution in [0.2, 0.25) is 0 Å². The molecule has 3 aromatic carbocycles. The highest BCUT2D eigenvalue weighted by molar-refractivity contribution is 6.12. The molecule has 6 heteroatoms. The summed E-state index contributed by atoms with van der Waals surface area (Å²) in [5.41, 5.74) is 2.70. The predicted octanol–water partition coefficient (Wildman–Crippen LogP) is 4.68. The van der Waals surface area contributed by atoms with E-state index in [-0.39, 0.29) is 17.6 Å². The van der Waals surface area contributed by atoms with Crippen molar-refractivity contribution in [3.63, 3.8) is 0 Å². The van der Waals surface area contributed by atoms with Gasteiger partial charge < -0.3 is 19.4 Å². The number of carbonyl (C=O) groups is 2. The number of rotatable bonds is 5. The van der Waals surface area contributed by atoms with Crippen molar-refractivity contribution < 1.29 is 18.7 Å². The Morgan fingerprint density at radius 2 is 1.36 bits per heavy atom. The summed E-state index contributed by atoms with van der Waals surface area (Å²) in [4.78, 5) is 28.7. The minimum Gasteiger partial charge on any atom is -0.449 e. The summed E-state index contributed by atoms with van der Waals surface area (Å²) in [7, 11) is 0. The maximum atomic E-state index is 13.7. The van der Waals surface area contributed by atoms with Crippen molar-refractivity contribution in [2.75, 3.05) is 31.6 Å². The summed E-state index contributed by atoms with van der Waals surface area (Å²) in [5.74, 6) is -0.866. The Kier molecular flexibility index (Phi) is 5.91. The van der Waals surface area contributed by atoms with Gasteiger partial charge in [-0.1, -0.05) is 72.8 Å². The van der Waals surface area contributed by atoms with E-state index in [0.29, 0.717) is 43.0 Å². The van der Waals surface area contributed by atoms with Crippen LogP contribution in [0.25, 0.3) is 11.0 Å². The summed E-state index contributed by atoms with van der Waals surface area (Å²) in [6, 6.07) is 26.6. The molecule has 2 amide bonds. The molecular weight excluding hydrogens is 416 g/mol. The van der Waals surface area contributed by atoms with Gasteiger partial charge in [0.2, 0.25) is 11.7 Å². The zero-order chi connectivity index (χ0) is 22.6. The number of furan rings is 1. The van der Waals surface area contributed by atoms with Gasteiger partial charge in [0, 0.05) is 18.5 Å². The minimum absolute atomic E-state index is 0.145. The molecule has 0 aliphatic carbocycles. The van der Waals surface area contributed by atoms with Gasteiger partial charge in [-0.05, 0) is 23.3 Å². The third-order valence-corrected chi connectivity index (χ3v) is 5.86. The van der Waals surface area contributed by atoms with Gasteiger partial charge in [-0.3, -0.25) is 9.59 Å². The van der Waals surface area contributed by atoms with Gasteiger partial charge in [0.05, 0.1) is 19.1 Å². The third-order valence-electron chi connectivity index (χ3n) is 5.86. The molecule has 2 heterocycles. The van der Waals surface area contributed by atoms with E-state index < -0.39 is 5.92 Å². The highest BCUT2D eigenvalue weighted by Gasteiger charge is 2.30. The van der Waals surface area contributed by atoms with Gasteiger partial charge >= 0.3 is 0 Å². The number of amides is 2. The molecule has 1 aromatic heterocycles. The van der Waals surface area contributed by atoms with Crippen molar-refractivity contribution in [1.82, 2.24) is 4.90 Å². The molecule has 4 aromatic rings. The van der Waals surface area contributed by atoms with Crippen LogP contribution < -0.4 is 5.32 Å². The maximum absolute atomic E-state index is 13.7. The Morgan fingerprint density at radius 3 is 2.00 bits per heavy atom. The van der Waals surface area contributed by atoms with Crippen LogP contribution in [-0.4, -0.2) is 43.0 Å². The van der Waals surface area contributed by atoms with Crippen LogP contribution in [0, 0.1) is 0 Å². The zero-order valence-electron chi connectivity index (χ0n) is 18.1. The van der Waals surface area contributed by atoms with Crippen LogP contribution in [0.4, 0.5) is 5.69 Å². The highest BCUT2D eigenvalue weighted by Crippen LogP contribution is 2.34. The Bertz CT molecular complexity index is 1220. The van der Waals surface area contributed by atoms with Gasteiger partial charge in [0.1, 0.15) is 11.3 Å². The van der Waals surface area contributed by atoms with E-state index in [1.54, 1.807) is 11.0 Å². The SMILES string of the molecule is O=C(Nc1c(C(=O)N2CCOCC2)oc2ccccc12)C(c1ccccc1)c1ccccc1. The molecule has 0 atom stereocenters. The van der Waals surface area contributed by atoms with Crippen molar-refractivity contribution in [3.8, 4) is 0 Å². The summed E-state index contributed by atoms with van der Waals surface area (Å²) < 4.78 is 11.3. The molecule has 33 heavy (non-hydrogen) atoms. The zero-order valence-corrected chi connectivity index (χ0v) is 18.1. The number of hydrogen-bond acceptors (Lipinski definition) is 4. The molecule has 6 nitrogen and oxygen atoms in total. The fourth-order valence-electron chi connectivity index (χ4n) is 4.21. The lowest BCUT2D eigenvalue weighted by molar-refractivity contribution is -0.116. The topological polar surface area (TPSA) is 71.8 Å². The molecular formula is C27H24N2O4. The average Bonchev–Trinajstić information content (AvgIpc) is 3.24. The molecule has 0 spiro atoms. The van der Waals surface area contributed by atoms with Crippen molar-refractivity contribution >= 4 is 28.5 Å². The van der Waals surface area contributed by atoms with Crippen LogP contribution in [-0.2, 0) is 9.53 Å². The molecule has 0 radical (unpaired) electrons. The van der Waals surface area contributed by atoms with E-state index in [0.717, 1.165) is 11.1 Å². The molecule has 0 bridgehead atoms. The van der Waals surface area contributed by atoms with Crippen LogP contribution in [0.1, 0.15) is 27.6 Å². The van der Waals surface area contributed by atoms with Gasteiger partial charge in [-0.15, -0.1) is 0 Å². The molecule has 1 aliphatic rings. The molecule has 1 N–H and O–H groups in total. The minimum atomic E-state index is -0.535. The van der Waals surface area contributed by atoms with E-state index in [1.807, 2.05) is 78.9 Å². The summed E-state index contributed by atoms with van der Waals surface area (Å²) in [5, 5.41) is 3.74. The largest absolute Gasteiger partial charge is 0.449 e. The summed E-state index contributed by atoms with van der Waals surface area (Å²) in [6.45, 7) is 1.94. The normalized spacial score (nSPS) is 13.9. The first-order valence-electron chi connectivity index (χ1n) is 11.0. The molecule has 1 fully saturated rings. The molecule has 1 aliphatic heterocycles. The summed E-state index contributed by atoms with van der Waals surface area (Å²) >= 11 is 0. The first kappa shape index (κ1) is 21.0. The van der Waals surface area contributed by atoms with E-state index in [1.165, 1.54) is 0 Å². The molecule has 0 unspecified atom stereocenters. The number of morpholine rings is 1. The highest BCUT2D eigenvalue weighted by atomic mass is 16.5. The number of fused-ring (bicyclic) bond motifs is 1. The van der Waals surface area contributed by atoms with Crippen LogP contribution in [0.3, 0.4) is 0 Å². The molecule has 0 saturated carbocycles. The Hall–Kier alpha value is -3.90. The Balaban J connectivity index is 1.54. The number of nitrogens with zero attached hydrogens (tertiary/aromatic N) is 1. The number of nitrogens with one attached hydrogen (secondary N) is 1. The second-order valence-electron chi connectivity index (χ2n) is 7.95. The first-order chi connectivity index (χ1) is 16.2. The van der Waals surface area contributed by atoms with Crippen LogP contribution in [0.5, 0.6) is 0 Å². The standard InChI is InChI=1S/C27H24N2O4/c30-26(23(19-9-3-1-4-10-19)20-11-5-2-6-12-20)28-24-21-13-7-8-14-22(21)33-25(24)27(31)29-15-17-32-18-16-29/h1-14,23H,15-18H2,(H,28,30). The maximum Gasteiger partial charge on any atom is 0.291 e. The third kappa shape index (κ3) is 4.25. The predicted molar refractivity (Wildman–Crippen MR) is 126 cm³/mol. The smallest absolute Gasteiger partial charge is 0.291 e.